The Balaban J connectivity index is 1.58. The number of aromatic hydroxyl groups is 1. The maximum Gasteiger partial charge on any atom is 0.249 e. The minimum Gasteiger partial charge on any atom is -0.504 e. The van der Waals surface area contributed by atoms with Crippen LogP contribution >= 0.6 is 11.6 Å². The molecule has 4 aromatic rings. The third-order valence-electron chi connectivity index (χ3n) is 7.06. The molecule has 0 spiro atoms. The third kappa shape index (κ3) is 5.83. The monoisotopic (exact) mass is 547 g/mol. The number of fused-ring (bicyclic) bond motifs is 1. The van der Waals surface area contributed by atoms with Gasteiger partial charge < -0.3 is 15.2 Å². The Kier molecular flexibility index (Phi) is 7.97. The second-order valence-corrected chi connectivity index (χ2v) is 10.1. The number of aromatic nitrogens is 3. The molecule has 1 unspecified atom stereocenters. The normalized spacial score (nSPS) is 14.6. The summed E-state index contributed by atoms with van der Waals surface area (Å²) in [6.07, 6.45) is 4.98. The van der Waals surface area contributed by atoms with Crippen LogP contribution in [0.4, 0.5) is 5.69 Å². The quantitative estimate of drug-likeness (QED) is 0.320. The summed E-state index contributed by atoms with van der Waals surface area (Å²) >= 11 is 6.17. The molecule has 1 heterocycles. The fourth-order valence-electron chi connectivity index (χ4n) is 5.10. The number of hydrogen-bond donors (Lipinski definition) is 2. The number of hydrogen-bond acceptors (Lipinski definition) is 6. The molecule has 2 N–H and O–H groups in total. The SMILES string of the molecule is COc1ccc(C(C(=O)NC2CCCCC2)N(C(=O)Cn2nnc3ccccc32)c2ccc(Cl)cc2)cc1O. The highest BCUT2D eigenvalue weighted by Gasteiger charge is 2.35. The van der Waals surface area contributed by atoms with Crippen LogP contribution in [0.25, 0.3) is 11.0 Å². The van der Waals surface area contributed by atoms with Gasteiger partial charge in [-0.3, -0.25) is 14.5 Å². The number of anilines is 1. The van der Waals surface area contributed by atoms with Gasteiger partial charge in [-0.2, -0.15) is 0 Å². The molecule has 10 heteroatoms. The van der Waals surface area contributed by atoms with Crippen molar-refractivity contribution >= 4 is 40.1 Å². The van der Waals surface area contributed by atoms with Gasteiger partial charge >= 0.3 is 0 Å². The first-order valence-electron chi connectivity index (χ1n) is 13.0. The number of carbonyl (C=O) groups excluding carboxylic acids is 2. The van der Waals surface area contributed by atoms with Crippen LogP contribution in [0.3, 0.4) is 0 Å². The Morgan fingerprint density at radius 2 is 1.85 bits per heavy atom. The predicted octanol–water partition coefficient (Wildman–Crippen LogP) is 5.02. The first-order valence-corrected chi connectivity index (χ1v) is 13.4. The van der Waals surface area contributed by atoms with Crippen LogP contribution in [-0.4, -0.2) is 45.1 Å². The molecule has 202 valence electrons. The summed E-state index contributed by atoms with van der Waals surface area (Å²) in [4.78, 5) is 29.5. The zero-order valence-electron chi connectivity index (χ0n) is 21.6. The topological polar surface area (TPSA) is 110 Å². The van der Waals surface area contributed by atoms with Gasteiger partial charge in [0.15, 0.2) is 11.5 Å². The number of phenols is 1. The second kappa shape index (κ2) is 11.7. The van der Waals surface area contributed by atoms with Gasteiger partial charge in [0.2, 0.25) is 11.8 Å². The number of halogens is 1. The van der Waals surface area contributed by atoms with E-state index in [0.29, 0.717) is 27.3 Å². The van der Waals surface area contributed by atoms with Gasteiger partial charge in [0.1, 0.15) is 18.1 Å². The molecule has 2 amide bonds. The largest absolute Gasteiger partial charge is 0.504 e. The maximum atomic E-state index is 14.1. The smallest absolute Gasteiger partial charge is 0.249 e. The Hall–Kier alpha value is -4.11. The summed E-state index contributed by atoms with van der Waals surface area (Å²) in [7, 11) is 1.45. The highest BCUT2D eigenvalue weighted by atomic mass is 35.5. The predicted molar refractivity (Wildman–Crippen MR) is 149 cm³/mol. The van der Waals surface area contributed by atoms with E-state index in [1.54, 1.807) is 36.4 Å². The van der Waals surface area contributed by atoms with E-state index in [0.717, 1.165) is 32.1 Å². The number of phenolic OH excluding ortho intramolecular Hbond substituents is 1. The summed E-state index contributed by atoms with van der Waals surface area (Å²) in [6, 6.07) is 17.8. The molecule has 3 aromatic carbocycles. The van der Waals surface area contributed by atoms with Crippen molar-refractivity contribution in [1.29, 1.82) is 0 Å². The molecule has 1 saturated carbocycles. The molecule has 1 aliphatic carbocycles. The lowest BCUT2D eigenvalue weighted by atomic mass is 9.94. The van der Waals surface area contributed by atoms with Crippen molar-refractivity contribution in [2.24, 2.45) is 0 Å². The van der Waals surface area contributed by atoms with Crippen molar-refractivity contribution < 1.29 is 19.4 Å². The van der Waals surface area contributed by atoms with Crippen LogP contribution in [0.2, 0.25) is 5.02 Å². The van der Waals surface area contributed by atoms with E-state index in [9.17, 15) is 14.7 Å². The molecule has 1 atom stereocenters. The highest BCUT2D eigenvalue weighted by Crippen LogP contribution is 2.35. The van der Waals surface area contributed by atoms with E-state index >= 15 is 0 Å². The van der Waals surface area contributed by atoms with Crippen LogP contribution in [0.1, 0.15) is 43.7 Å². The van der Waals surface area contributed by atoms with Gasteiger partial charge in [-0.25, -0.2) is 4.68 Å². The minimum atomic E-state index is -1.08. The van der Waals surface area contributed by atoms with Crippen LogP contribution in [0, 0.1) is 0 Å². The lowest BCUT2D eigenvalue weighted by Gasteiger charge is -2.33. The van der Waals surface area contributed by atoms with Gasteiger partial charge in [0, 0.05) is 16.8 Å². The number of ether oxygens (including phenoxy) is 1. The molecule has 1 aromatic heterocycles. The number of amides is 2. The van der Waals surface area contributed by atoms with E-state index in [-0.39, 0.29) is 35.9 Å². The lowest BCUT2D eigenvalue weighted by Crippen LogP contribution is -2.48. The summed E-state index contributed by atoms with van der Waals surface area (Å²) in [5.41, 5.74) is 2.28. The van der Waals surface area contributed by atoms with Crippen LogP contribution in [0.5, 0.6) is 11.5 Å². The summed E-state index contributed by atoms with van der Waals surface area (Å²) in [6.45, 7) is -0.154. The molecule has 5 rings (SSSR count). The Morgan fingerprint density at radius 1 is 1.10 bits per heavy atom. The van der Waals surface area contributed by atoms with Crippen LogP contribution in [0.15, 0.2) is 66.7 Å². The Morgan fingerprint density at radius 3 is 2.56 bits per heavy atom. The number of methoxy groups -OCH3 is 1. The molecular weight excluding hydrogens is 518 g/mol. The third-order valence-corrected chi connectivity index (χ3v) is 7.31. The van der Waals surface area contributed by atoms with E-state index < -0.39 is 6.04 Å². The molecule has 0 aliphatic heterocycles. The number of carbonyl (C=O) groups is 2. The molecule has 1 aliphatic rings. The number of nitrogens with one attached hydrogen (secondary N) is 1. The number of benzene rings is 3. The fraction of sp³-hybridized carbons (Fsp3) is 0.310. The average molecular weight is 548 g/mol. The lowest BCUT2D eigenvalue weighted by molar-refractivity contribution is -0.127. The zero-order valence-corrected chi connectivity index (χ0v) is 22.3. The average Bonchev–Trinajstić information content (AvgIpc) is 3.35. The molecule has 9 nitrogen and oxygen atoms in total. The summed E-state index contributed by atoms with van der Waals surface area (Å²) < 4.78 is 6.73. The van der Waals surface area contributed by atoms with E-state index in [2.05, 4.69) is 15.6 Å². The van der Waals surface area contributed by atoms with Crippen molar-refractivity contribution in [2.45, 2.75) is 50.7 Å². The van der Waals surface area contributed by atoms with Crippen molar-refractivity contribution in [3.05, 3.63) is 77.3 Å². The number of nitrogens with zero attached hydrogens (tertiary/aromatic N) is 4. The van der Waals surface area contributed by atoms with E-state index in [4.69, 9.17) is 16.3 Å². The highest BCUT2D eigenvalue weighted by molar-refractivity contribution is 6.30. The Bertz CT molecular complexity index is 1470. The van der Waals surface area contributed by atoms with E-state index in [1.807, 2.05) is 24.3 Å². The summed E-state index contributed by atoms with van der Waals surface area (Å²) in [5.74, 6) is -0.579. The van der Waals surface area contributed by atoms with Crippen molar-refractivity contribution in [2.75, 3.05) is 12.0 Å². The van der Waals surface area contributed by atoms with Crippen LogP contribution in [-0.2, 0) is 16.1 Å². The van der Waals surface area contributed by atoms with Gasteiger partial charge in [-0.15, -0.1) is 5.10 Å². The van der Waals surface area contributed by atoms with Crippen molar-refractivity contribution in [1.82, 2.24) is 20.3 Å². The first kappa shape index (κ1) is 26.5. The zero-order chi connectivity index (χ0) is 27.4. The molecule has 1 fully saturated rings. The van der Waals surface area contributed by atoms with Crippen molar-refractivity contribution in [3.8, 4) is 11.5 Å². The second-order valence-electron chi connectivity index (χ2n) is 9.65. The molecular formula is C29H30ClN5O4. The molecule has 0 bridgehead atoms. The fourth-order valence-corrected chi connectivity index (χ4v) is 5.23. The molecule has 0 radical (unpaired) electrons. The summed E-state index contributed by atoms with van der Waals surface area (Å²) in [5, 5.41) is 22.6. The van der Waals surface area contributed by atoms with Gasteiger partial charge in [0.05, 0.1) is 12.6 Å². The minimum absolute atomic E-state index is 0.0158. The van der Waals surface area contributed by atoms with E-state index in [1.165, 1.54) is 22.8 Å². The van der Waals surface area contributed by atoms with Gasteiger partial charge in [0.25, 0.3) is 0 Å². The number of rotatable bonds is 8. The molecule has 39 heavy (non-hydrogen) atoms. The van der Waals surface area contributed by atoms with Gasteiger partial charge in [-0.05, 0) is 66.9 Å². The standard InChI is InChI=1S/C29H30ClN5O4/c1-39-26-16-11-19(17-25(26)36)28(29(38)31-21-7-3-2-4-8-21)35(22-14-12-20(30)13-15-22)27(37)18-34-24-10-6-5-9-23(24)32-33-34/h5-6,9-17,21,28,36H,2-4,7-8,18H2,1H3,(H,31,38). The first-order chi connectivity index (χ1) is 18.9. The van der Waals surface area contributed by atoms with Gasteiger partial charge in [-0.1, -0.05) is 54.3 Å². The number of para-hydroxylation sites is 1. The molecule has 0 saturated heterocycles. The van der Waals surface area contributed by atoms with Crippen molar-refractivity contribution in [3.63, 3.8) is 0 Å². The Labute approximate surface area is 231 Å². The maximum absolute atomic E-state index is 14.1. The van der Waals surface area contributed by atoms with Crippen LogP contribution < -0.4 is 15.0 Å².